The number of anilines is 1. The van der Waals surface area contributed by atoms with E-state index >= 15 is 0 Å². The molecule has 1 aromatic carbocycles. The van der Waals surface area contributed by atoms with E-state index in [2.05, 4.69) is 10.3 Å². The van der Waals surface area contributed by atoms with Gasteiger partial charge in [0, 0.05) is 16.8 Å². The summed E-state index contributed by atoms with van der Waals surface area (Å²) in [5.41, 5.74) is 0.772. The summed E-state index contributed by atoms with van der Waals surface area (Å²) in [6, 6.07) is 10.4. The molecule has 1 amide bonds. The number of carbonyl (C=O) groups excluding carboxylic acids is 2. The van der Waals surface area contributed by atoms with Gasteiger partial charge in [0.25, 0.3) is 5.91 Å². The van der Waals surface area contributed by atoms with Crippen LogP contribution in [0.2, 0.25) is 5.15 Å². The van der Waals surface area contributed by atoms with Gasteiger partial charge in [-0.15, -0.1) is 11.8 Å². The summed E-state index contributed by atoms with van der Waals surface area (Å²) in [7, 11) is 0. The molecule has 1 heterocycles. The van der Waals surface area contributed by atoms with Crippen molar-refractivity contribution < 1.29 is 14.3 Å². The minimum absolute atomic E-state index is 0.0422. The molecule has 1 N–H and O–H groups in total. The quantitative estimate of drug-likeness (QED) is 0.515. The van der Waals surface area contributed by atoms with E-state index in [0.29, 0.717) is 5.69 Å². The molecule has 0 spiro atoms. The maximum absolute atomic E-state index is 11.8. The second-order valence-electron chi connectivity index (χ2n) is 4.20. The zero-order chi connectivity index (χ0) is 15.9. The molecule has 0 saturated carbocycles. The van der Waals surface area contributed by atoms with Gasteiger partial charge in [-0.3, -0.25) is 4.79 Å². The van der Waals surface area contributed by atoms with Crippen LogP contribution in [0.4, 0.5) is 5.69 Å². The molecule has 7 heteroatoms. The van der Waals surface area contributed by atoms with Crippen molar-refractivity contribution in [3.63, 3.8) is 0 Å². The minimum Gasteiger partial charge on any atom is -0.452 e. The molecule has 0 saturated heterocycles. The van der Waals surface area contributed by atoms with Crippen LogP contribution in [0, 0.1) is 0 Å². The highest BCUT2D eigenvalue weighted by Gasteiger charge is 2.14. The van der Waals surface area contributed by atoms with E-state index in [9.17, 15) is 9.59 Å². The molecule has 2 rings (SSSR count). The van der Waals surface area contributed by atoms with Crippen molar-refractivity contribution in [3.8, 4) is 0 Å². The van der Waals surface area contributed by atoms with Crippen LogP contribution in [0.5, 0.6) is 0 Å². The van der Waals surface area contributed by atoms with Gasteiger partial charge >= 0.3 is 5.97 Å². The zero-order valence-corrected chi connectivity index (χ0v) is 13.3. The van der Waals surface area contributed by atoms with E-state index in [1.807, 2.05) is 24.5 Å². The summed E-state index contributed by atoms with van der Waals surface area (Å²) >= 11 is 7.35. The van der Waals surface area contributed by atoms with Crippen molar-refractivity contribution >= 4 is 40.9 Å². The number of nitrogens with zero attached hydrogens (tertiary/aromatic N) is 1. The van der Waals surface area contributed by atoms with E-state index in [0.717, 1.165) is 4.90 Å². The molecule has 2 aromatic rings. The molecule has 0 fully saturated rings. The summed E-state index contributed by atoms with van der Waals surface area (Å²) < 4.78 is 4.92. The number of nitrogens with one attached hydrogen (secondary N) is 1. The lowest BCUT2D eigenvalue weighted by molar-refractivity contribution is -0.119. The first-order valence-corrected chi connectivity index (χ1v) is 7.92. The van der Waals surface area contributed by atoms with Crippen LogP contribution in [0.15, 0.2) is 47.5 Å². The number of amides is 1. The summed E-state index contributed by atoms with van der Waals surface area (Å²) in [5, 5.41) is 2.70. The molecule has 1 aromatic heterocycles. The fraction of sp³-hybridized carbons (Fsp3) is 0.133. The summed E-state index contributed by atoms with van der Waals surface area (Å²) in [6.07, 6.45) is 3.41. The average molecular weight is 337 g/mol. The Labute approximate surface area is 137 Å². The smallest absolute Gasteiger partial charge is 0.341 e. The normalized spacial score (nSPS) is 10.1. The van der Waals surface area contributed by atoms with Gasteiger partial charge in [-0.05, 0) is 36.6 Å². The van der Waals surface area contributed by atoms with E-state index in [1.165, 1.54) is 12.3 Å². The first-order valence-electron chi connectivity index (χ1n) is 6.31. The number of esters is 1. The molecule has 5 nitrogen and oxygen atoms in total. The van der Waals surface area contributed by atoms with Crippen molar-refractivity contribution in [1.82, 2.24) is 4.98 Å². The number of ether oxygens (including phenoxy) is 1. The Hall–Kier alpha value is -2.05. The number of hydrogen-bond acceptors (Lipinski definition) is 5. The van der Waals surface area contributed by atoms with Crippen molar-refractivity contribution in [1.29, 1.82) is 0 Å². The van der Waals surface area contributed by atoms with Crippen LogP contribution in [0.1, 0.15) is 10.4 Å². The molecule has 0 bridgehead atoms. The van der Waals surface area contributed by atoms with Gasteiger partial charge in [-0.25, -0.2) is 9.78 Å². The van der Waals surface area contributed by atoms with Crippen LogP contribution < -0.4 is 5.32 Å². The van der Waals surface area contributed by atoms with Gasteiger partial charge < -0.3 is 10.1 Å². The third kappa shape index (κ3) is 4.47. The Bertz CT molecular complexity index is 694. The number of benzene rings is 1. The molecular weight excluding hydrogens is 324 g/mol. The second kappa shape index (κ2) is 7.82. The minimum atomic E-state index is -0.689. The van der Waals surface area contributed by atoms with Gasteiger partial charge in [0.2, 0.25) is 0 Å². The third-order valence-corrected chi connectivity index (χ3v) is 3.69. The fourth-order valence-corrected chi connectivity index (χ4v) is 2.30. The van der Waals surface area contributed by atoms with E-state index in [-0.39, 0.29) is 10.7 Å². The van der Waals surface area contributed by atoms with Crippen LogP contribution in [0.25, 0.3) is 0 Å². The van der Waals surface area contributed by atoms with Crippen molar-refractivity contribution in [2.24, 2.45) is 0 Å². The molecule has 0 aliphatic heterocycles. The number of rotatable bonds is 5. The summed E-state index contributed by atoms with van der Waals surface area (Å²) in [6.45, 7) is -0.395. The van der Waals surface area contributed by atoms with Crippen molar-refractivity contribution in [2.75, 3.05) is 18.2 Å². The number of aromatic nitrogens is 1. The lowest BCUT2D eigenvalue weighted by atomic mass is 10.3. The molecule has 0 aliphatic carbocycles. The number of carbonyl (C=O) groups is 2. The summed E-state index contributed by atoms with van der Waals surface area (Å²) in [4.78, 5) is 28.4. The fourth-order valence-electron chi connectivity index (χ4n) is 1.65. The van der Waals surface area contributed by atoms with E-state index in [4.69, 9.17) is 16.3 Å². The Morgan fingerprint density at radius 1 is 1.32 bits per heavy atom. The van der Waals surface area contributed by atoms with Crippen LogP contribution in [-0.2, 0) is 9.53 Å². The molecule has 22 heavy (non-hydrogen) atoms. The maximum Gasteiger partial charge on any atom is 0.341 e. The largest absolute Gasteiger partial charge is 0.452 e. The van der Waals surface area contributed by atoms with Gasteiger partial charge in [0.15, 0.2) is 6.61 Å². The first kappa shape index (κ1) is 16.3. The standard InChI is InChI=1S/C15H13ClN2O3S/c1-22-11-5-2-4-10(8-11)18-13(19)9-21-15(20)12-6-3-7-17-14(12)16/h2-8H,9H2,1H3,(H,18,19). The van der Waals surface area contributed by atoms with Gasteiger partial charge in [-0.2, -0.15) is 0 Å². The molecule has 114 valence electrons. The zero-order valence-electron chi connectivity index (χ0n) is 11.7. The average Bonchev–Trinajstić information content (AvgIpc) is 2.53. The van der Waals surface area contributed by atoms with Gasteiger partial charge in [0.1, 0.15) is 5.15 Å². The molecule has 0 radical (unpaired) electrons. The second-order valence-corrected chi connectivity index (χ2v) is 5.44. The molecule has 0 aliphatic rings. The molecular formula is C15H13ClN2O3S. The number of hydrogen-bond donors (Lipinski definition) is 1. The monoisotopic (exact) mass is 336 g/mol. The van der Waals surface area contributed by atoms with Crippen LogP contribution in [0.3, 0.4) is 0 Å². The Balaban J connectivity index is 1.90. The predicted molar refractivity (Wildman–Crippen MR) is 86.4 cm³/mol. The maximum atomic E-state index is 11.8. The van der Waals surface area contributed by atoms with E-state index < -0.39 is 18.5 Å². The third-order valence-electron chi connectivity index (χ3n) is 2.67. The first-order chi connectivity index (χ1) is 10.6. The molecule has 0 atom stereocenters. The number of thioether (sulfide) groups is 1. The Kier molecular flexibility index (Phi) is 5.80. The highest BCUT2D eigenvalue weighted by molar-refractivity contribution is 7.98. The number of halogens is 1. The van der Waals surface area contributed by atoms with Crippen LogP contribution >= 0.6 is 23.4 Å². The van der Waals surface area contributed by atoms with Gasteiger partial charge in [-0.1, -0.05) is 17.7 Å². The Morgan fingerprint density at radius 2 is 2.14 bits per heavy atom. The highest BCUT2D eigenvalue weighted by atomic mass is 35.5. The number of pyridine rings is 1. The summed E-state index contributed by atoms with van der Waals surface area (Å²) in [5.74, 6) is -1.11. The van der Waals surface area contributed by atoms with Crippen LogP contribution in [-0.4, -0.2) is 29.7 Å². The molecule has 0 unspecified atom stereocenters. The van der Waals surface area contributed by atoms with Gasteiger partial charge in [0.05, 0.1) is 5.56 Å². The lowest BCUT2D eigenvalue weighted by Gasteiger charge is -2.08. The SMILES string of the molecule is CSc1cccc(NC(=O)COC(=O)c2cccnc2Cl)c1. The van der Waals surface area contributed by atoms with Crippen molar-refractivity contribution in [3.05, 3.63) is 53.3 Å². The van der Waals surface area contributed by atoms with E-state index in [1.54, 1.807) is 23.9 Å². The predicted octanol–water partition coefficient (Wildman–Crippen LogP) is 3.25. The van der Waals surface area contributed by atoms with Crippen molar-refractivity contribution in [2.45, 2.75) is 4.90 Å². The highest BCUT2D eigenvalue weighted by Crippen LogP contribution is 2.19. The lowest BCUT2D eigenvalue weighted by Crippen LogP contribution is -2.21. The Morgan fingerprint density at radius 3 is 2.86 bits per heavy atom. The topological polar surface area (TPSA) is 68.3 Å².